The second-order valence-electron chi connectivity index (χ2n) is 4.48. The third-order valence-electron chi connectivity index (χ3n) is 2.81. The molecule has 0 aliphatic carbocycles. The van der Waals surface area contributed by atoms with Gasteiger partial charge in [0.15, 0.2) is 5.11 Å². The molecule has 0 unspecified atom stereocenters. The molecule has 0 saturated carbocycles. The Morgan fingerprint density at radius 2 is 1.74 bits per heavy atom. The summed E-state index contributed by atoms with van der Waals surface area (Å²) in [7, 11) is 0. The Kier molecular flexibility index (Phi) is 7.19. The molecule has 0 saturated heterocycles. The van der Waals surface area contributed by atoms with Crippen molar-refractivity contribution in [3.05, 3.63) is 65.2 Å². The number of thiocarbonyl (C=S) groups is 1. The summed E-state index contributed by atoms with van der Waals surface area (Å²) in [6.07, 6.45) is 0. The predicted octanol–water partition coefficient (Wildman–Crippen LogP) is 3.24. The largest absolute Gasteiger partial charge is 0.361 e. The van der Waals surface area contributed by atoms with Gasteiger partial charge in [0.2, 0.25) is 0 Å². The molecule has 0 heterocycles. The molecule has 2 aromatic carbocycles. The summed E-state index contributed by atoms with van der Waals surface area (Å²) in [5, 5.41) is 3.78. The zero-order chi connectivity index (χ0) is 16.5. The van der Waals surface area contributed by atoms with E-state index in [0.29, 0.717) is 22.2 Å². The van der Waals surface area contributed by atoms with Gasteiger partial charge in [-0.3, -0.25) is 15.6 Å². The van der Waals surface area contributed by atoms with Gasteiger partial charge in [0.1, 0.15) is 0 Å². The Morgan fingerprint density at radius 1 is 1.04 bits per heavy atom. The minimum Gasteiger partial charge on any atom is -0.361 e. The molecule has 0 fully saturated rings. The van der Waals surface area contributed by atoms with Crippen molar-refractivity contribution < 1.29 is 4.79 Å². The minimum absolute atomic E-state index is 0.335. The lowest BCUT2D eigenvalue weighted by atomic mass is 10.2. The van der Waals surface area contributed by atoms with E-state index >= 15 is 0 Å². The SMILES string of the molecule is O=C(NNC(=S)NCCSc1ccccc1)c1ccccc1Cl. The summed E-state index contributed by atoms with van der Waals surface area (Å²) in [4.78, 5) is 13.1. The predicted molar refractivity (Wildman–Crippen MR) is 99.8 cm³/mol. The number of thioether (sulfide) groups is 1. The number of amides is 1. The zero-order valence-corrected chi connectivity index (χ0v) is 14.6. The van der Waals surface area contributed by atoms with E-state index in [1.807, 2.05) is 18.2 Å². The molecule has 0 atom stereocenters. The van der Waals surface area contributed by atoms with Crippen LogP contribution in [0.25, 0.3) is 0 Å². The molecule has 3 N–H and O–H groups in total. The molecule has 0 bridgehead atoms. The number of benzene rings is 2. The lowest BCUT2D eigenvalue weighted by Crippen LogP contribution is -2.47. The number of carbonyl (C=O) groups is 1. The minimum atomic E-state index is -0.335. The van der Waals surface area contributed by atoms with Crippen LogP contribution in [0, 0.1) is 0 Å². The molecule has 23 heavy (non-hydrogen) atoms. The van der Waals surface area contributed by atoms with Crippen LogP contribution in [0.15, 0.2) is 59.5 Å². The number of hydrogen-bond donors (Lipinski definition) is 3. The summed E-state index contributed by atoms with van der Waals surface area (Å²) < 4.78 is 0. The van der Waals surface area contributed by atoms with Crippen molar-refractivity contribution in [3.63, 3.8) is 0 Å². The van der Waals surface area contributed by atoms with Gasteiger partial charge < -0.3 is 5.32 Å². The molecular formula is C16H16ClN3OS2. The van der Waals surface area contributed by atoms with Crippen molar-refractivity contribution >= 4 is 46.6 Å². The maximum absolute atomic E-state index is 11.9. The number of hydrogen-bond acceptors (Lipinski definition) is 3. The first-order valence-corrected chi connectivity index (χ1v) is 8.70. The van der Waals surface area contributed by atoms with Crippen LogP contribution in [0.5, 0.6) is 0 Å². The topological polar surface area (TPSA) is 53.2 Å². The third-order valence-corrected chi connectivity index (χ3v) is 4.40. The Labute approximate surface area is 150 Å². The molecular weight excluding hydrogens is 350 g/mol. The quantitative estimate of drug-likeness (QED) is 0.329. The van der Waals surface area contributed by atoms with Gasteiger partial charge in [0, 0.05) is 17.2 Å². The normalized spacial score (nSPS) is 9.96. The van der Waals surface area contributed by atoms with Crippen molar-refractivity contribution in [2.75, 3.05) is 12.3 Å². The van der Waals surface area contributed by atoms with Crippen LogP contribution in [-0.4, -0.2) is 23.3 Å². The van der Waals surface area contributed by atoms with E-state index in [2.05, 4.69) is 28.3 Å². The Hall–Kier alpha value is -1.76. The average Bonchev–Trinajstić information content (AvgIpc) is 2.58. The van der Waals surface area contributed by atoms with Crippen molar-refractivity contribution in [2.24, 2.45) is 0 Å². The van der Waals surface area contributed by atoms with Gasteiger partial charge >= 0.3 is 0 Å². The molecule has 0 aromatic heterocycles. The van der Waals surface area contributed by atoms with Crippen LogP contribution < -0.4 is 16.2 Å². The molecule has 2 rings (SSSR count). The fourth-order valence-electron chi connectivity index (χ4n) is 1.72. The highest BCUT2D eigenvalue weighted by Crippen LogP contribution is 2.15. The first kappa shape index (κ1) is 17.6. The number of carbonyl (C=O) groups excluding carboxylic acids is 1. The van der Waals surface area contributed by atoms with Gasteiger partial charge in [-0.2, -0.15) is 0 Å². The second-order valence-corrected chi connectivity index (χ2v) is 6.46. The highest BCUT2D eigenvalue weighted by atomic mass is 35.5. The number of halogens is 1. The first-order chi connectivity index (χ1) is 11.2. The molecule has 0 aliphatic rings. The van der Waals surface area contributed by atoms with Crippen LogP contribution in [0.1, 0.15) is 10.4 Å². The van der Waals surface area contributed by atoms with Gasteiger partial charge in [0.05, 0.1) is 10.6 Å². The van der Waals surface area contributed by atoms with E-state index in [0.717, 1.165) is 5.75 Å². The molecule has 7 heteroatoms. The van der Waals surface area contributed by atoms with Gasteiger partial charge in [-0.1, -0.05) is 41.9 Å². The summed E-state index contributed by atoms with van der Waals surface area (Å²) >= 11 is 12.8. The van der Waals surface area contributed by atoms with Crippen LogP contribution in [0.2, 0.25) is 5.02 Å². The molecule has 1 amide bonds. The Morgan fingerprint density at radius 3 is 2.48 bits per heavy atom. The van der Waals surface area contributed by atoms with Crippen molar-refractivity contribution in [1.82, 2.24) is 16.2 Å². The molecule has 4 nitrogen and oxygen atoms in total. The van der Waals surface area contributed by atoms with Crippen LogP contribution in [0.4, 0.5) is 0 Å². The second kappa shape index (κ2) is 9.39. The molecule has 2 aromatic rings. The Balaban J connectivity index is 1.65. The number of hydrazine groups is 1. The van der Waals surface area contributed by atoms with Gasteiger partial charge in [-0.15, -0.1) is 11.8 Å². The Bertz CT molecular complexity index is 667. The summed E-state index contributed by atoms with van der Waals surface area (Å²) in [5.41, 5.74) is 5.57. The summed E-state index contributed by atoms with van der Waals surface area (Å²) in [6, 6.07) is 16.9. The van der Waals surface area contributed by atoms with E-state index < -0.39 is 0 Å². The van der Waals surface area contributed by atoms with E-state index in [9.17, 15) is 4.79 Å². The van der Waals surface area contributed by atoms with Crippen molar-refractivity contribution in [3.8, 4) is 0 Å². The first-order valence-electron chi connectivity index (χ1n) is 6.93. The number of nitrogens with one attached hydrogen (secondary N) is 3. The lowest BCUT2D eigenvalue weighted by Gasteiger charge is -2.12. The zero-order valence-electron chi connectivity index (χ0n) is 12.2. The van der Waals surface area contributed by atoms with E-state index in [-0.39, 0.29) is 5.91 Å². The maximum Gasteiger partial charge on any atom is 0.271 e. The highest BCUT2D eigenvalue weighted by molar-refractivity contribution is 7.99. The maximum atomic E-state index is 11.9. The fourth-order valence-corrected chi connectivity index (χ4v) is 2.88. The summed E-state index contributed by atoms with van der Waals surface area (Å²) in [5.74, 6) is 0.531. The van der Waals surface area contributed by atoms with Crippen LogP contribution in [-0.2, 0) is 0 Å². The van der Waals surface area contributed by atoms with Gasteiger partial charge in [-0.25, -0.2) is 0 Å². The molecule has 0 radical (unpaired) electrons. The highest BCUT2D eigenvalue weighted by Gasteiger charge is 2.09. The fraction of sp³-hybridized carbons (Fsp3) is 0.125. The lowest BCUT2D eigenvalue weighted by molar-refractivity contribution is 0.0944. The molecule has 0 aliphatic heterocycles. The van der Waals surface area contributed by atoms with Crippen LogP contribution >= 0.6 is 35.6 Å². The third kappa shape index (κ3) is 6.09. The van der Waals surface area contributed by atoms with E-state index in [4.69, 9.17) is 23.8 Å². The number of rotatable bonds is 5. The average molecular weight is 366 g/mol. The van der Waals surface area contributed by atoms with Crippen LogP contribution in [0.3, 0.4) is 0 Å². The van der Waals surface area contributed by atoms with Crippen molar-refractivity contribution in [2.45, 2.75) is 4.90 Å². The monoisotopic (exact) mass is 365 g/mol. The van der Waals surface area contributed by atoms with Crippen molar-refractivity contribution in [1.29, 1.82) is 0 Å². The van der Waals surface area contributed by atoms with E-state index in [1.54, 1.807) is 36.0 Å². The molecule has 0 spiro atoms. The summed E-state index contributed by atoms with van der Waals surface area (Å²) in [6.45, 7) is 0.688. The standard InChI is InChI=1S/C16H16ClN3OS2/c17-14-9-5-4-8-13(14)15(21)19-20-16(22)18-10-11-23-12-6-2-1-3-7-12/h1-9H,10-11H2,(H,19,21)(H2,18,20,22). The van der Waals surface area contributed by atoms with Gasteiger partial charge in [-0.05, 0) is 36.5 Å². The molecule has 120 valence electrons. The van der Waals surface area contributed by atoms with E-state index in [1.165, 1.54) is 4.90 Å². The van der Waals surface area contributed by atoms with Gasteiger partial charge in [0.25, 0.3) is 5.91 Å². The smallest absolute Gasteiger partial charge is 0.271 e.